The van der Waals surface area contributed by atoms with E-state index in [9.17, 15) is 32.3 Å². The molecule has 1 aliphatic rings. The fourth-order valence-electron chi connectivity index (χ4n) is 3.61. The van der Waals surface area contributed by atoms with Gasteiger partial charge in [0, 0.05) is 13.1 Å². The van der Waals surface area contributed by atoms with Crippen LogP contribution < -0.4 is 5.56 Å². The van der Waals surface area contributed by atoms with Crippen LogP contribution in [-0.2, 0) is 11.3 Å². The molecule has 1 aliphatic heterocycles. The van der Waals surface area contributed by atoms with Crippen LogP contribution in [0.25, 0.3) is 16.7 Å². The maximum atomic E-state index is 13.1. The highest BCUT2D eigenvalue weighted by atomic mass is 19.4. The Bertz CT molecular complexity index is 1180. The first-order valence-corrected chi connectivity index (χ1v) is 9.35. The van der Waals surface area contributed by atoms with E-state index in [1.165, 1.54) is 46.0 Å². The minimum atomic E-state index is -4.97. The third kappa shape index (κ3) is 4.02. The normalized spacial score (nSPS) is 16.6. The Labute approximate surface area is 172 Å². The lowest BCUT2D eigenvalue weighted by molar-refractivity contribution is -0.188. The van der Waals surface area contributed by atoms with Gasteiger partial charge in [-0.15, -0.1) is 0 Å². The smallest absolute Gasteiger partial charge is 0.388 e. The molecule has 8 nitrogen and oxygen atoms in total. The van der Waals surface area contributed by atoms with E-state index >= 15 is 0 Å². The summed E-state index contributed by atoms with van der Waals surface area (Å²) in [5.74, 6) is -2.37. The third-order valence-electron chi connectivity index (χ3n) is 5.31. The molecule has 1 amide bonds. The zero-order valence-electron chi connectivity index (χ0n) is 16.0. The number of nitrogens with zero attached hydrogens (tertiary/aromatic N) is 5. The molecule has 3 heterocycles. The number of aromatic nitrogens is 4. The van der Waals surface area contributed by atoms with Crippen molar-refractivity contribution in [3.05, 3.63) is 53.0 Å². The van der Waals surface area contributed by atoms with E-state index in [0.29, 0.717) is 10.6 Å². The maximum Gasteiger partial charge on any atom is 0.471 e. The summed E-state index contributed by atoms with van der Waals surface area (Å²) in [6.45, 7) is -0.742. The number of carbonyl (C=O) groups is 1. The van der Waals surface area contributed by atoms with Crippen LogP contribution in [0.15, 0.2) is 41.6 Å². The van der Waals surface area contributed by atoms with E-state index in [4.69, 9.17) is 0 Å². The molecule has 2 aromatic heterocycles. The number of benzene rings is 1. The fourth-order valence-corrected chi connectivity index (χ4v) is 3.61. The van der Waals surface area contributed by atoms with Gasteiger partial charge in [-0.2, -0.15) is 18.3 Å². The average Bonchev–Trinajstić information content (AvgIpc) is 3.15. The predicted octanol–water partition coefficient (Wildman–Crippen LogP) is 1.64. The highest BCUT2D eigenvalue weighted by Gasteiger charge is 2.45. The van der Waals surface area contributed by atoms with Gasteiger partial charge in [-0.25, -0.2) is 14.1 Å². The van der Waals surface area contributed by atoms with Gasteiger partial charge >= 0.3 is 12.1 Å². The maximum absolute atomic E-state index is 13.1. The van der Waals surface area contributed by atoms with Gasteiger partial charge in [0.05, 0.1) is 24.0 Å². The predicted molar refractivity (Wildman–Crippen MR) is 99.9 cm³/mol. The Morgan fingerprint density at radius 1 is 1.16 bits per heavy atom. The van der Waals surface area contributed by atoms with Crippen molar-refractivity contribution in [1.29, 1.82) is 0 Å². The Kier molecular flexibility index (Phi) is 5.04. The highest BCUT2D eigenvalue weighted by molar-refractivity contribution is 5.82. The molecule has 4 rings (SSSR count). The van der Waals surface area contributed by atoms with Gasteiger partial charge in [-0.05, 0) is 37.1 Å². The number of alkyl halides is 3. The van der Waals surface area contributed by atoms with Crippen molar-refractivity contribution in [2.24, 2.45) is 0 Å². The van der Waals surface area contributed by atoms with Crippen molar-refractivity contribution >= 4 is 16.9 Å². The summed E-state index contributed by atoms with van der Waals surface area (Å²) in [5, 5.41) is 15.1. The molecule has 0 aliphatic carbocycles. The van der Waals surface area contributed by atoms with Crippen molar-refractivity contribution in [3.8, 4) is 5.69 Å². The molecule has 0 bridgehead atoms. The van der Waals surface area contributed by atoms with Gasteiger partial charge in [-0.1, -0.05) is 0 Å². The summed E-state index contributed by atoms with van der Waals surface area (Å²) >= 11 is 0. The number of hydrogen-bond donors (Lipinski definition) is 1. The monoisotopic (exact) mass is 439 g/mol. The molecule has 0 atom stereocenters. The molecule has 1 aromatic carbocycles. The molecule has 0 spiro atoms. The Morgan fingerprint density at radius 3 is 2.42 bits per heavy atom. The number of aliphatic hydroxyl groups is 1. The standard InChI is InChI=1S/C19H17F4N5O3/c20-12-1-3-13(4-2-12)28-15-14(9-25-28)16(29)27(11-24-15)10-18(31)5-7-26(8-6-18)17(30)19(21,22)23/h1-4,9,11,31H,5-8,10H2. The summed E-state index contributed by atoms with van der Waals surface area (Å²) in [4.78, 5) is 29.0. The number of rotatable bonds is 3. The van der Waals surface area contributed by atoms with E-state index in [1.807, 2.05) is 0 Å². The minimum Gasteiger partial charge on any atom is -0.388 e. The molecule has 0 radical (unpaired) electrons. The van der Waals surface area contributed by atoms with Crippen LogP contribution in [0.4, 0.5) is 17.6 Å². The van der Waals surface area contributed by atoms with Crippen LogP contribution in [0, 0.1) is 5.82 Å². The number of fused-ring (bicyclic) bond motifs is 1. The zero-order valence-corrected chi connectivity index (χ0v) is 16.0. The molecule has 12 heteroatoms. The summed E-state index contributed by atoms with van der Waals surface area (Å²) in [6.07, 6.45) is -2.68. The van der Waals surface area contributed by atoms with Crippen molar-refractivity contribution < 1.29 is 27.5 Å². The first-order valence-electron chi connectivity index (χ1n) is 9.35. The van der Waals surface area contributed by atoms with Crippen LogP contribution in [0.2, 0.25) is 0 Å². The highest BCUT2D eigenvalue weighted by Crippen LogP contribution is 2.27. The van der Waals surface area contributed by atoms with Crippen molar-refractivity contribution in [3.63, 3.8) is 0 Å². The van der Waals surface area contributed by atoms with Gasteiger partial charge in [0.25, 0.3) is 5.56 Å². The largest absolute Gasteiger partial charge is 0.471 e. The quantitative estimate of drug-likeness (QED) is 0.627. The lowest BCUT2D eigenvalue weighted by atomic mass is 9.91. The van der Waals surface area contributed by atoms with Gasteiger partial charge in [0.2, 0.25) is 0 Å². The van der Waals surface area contributed by atoms with Crippen molar-refractivity contribution in [1.82, 2.24) is 24.2 Å². The molecule has 1 N–H and O–H groups in total. The fraction of sp³-hybridized carbons (Fsp3) is 0.368. The summed E-state index contributed by atoms with van der Waals surface area (Å²) in [7, 11) is 0. The molecule has 31 heavy (non-hydrogen) atoms. The number of piperidine rings is 1. The zero-order chi connectivity index (χ0) is 22.4. The number of likely N-dealkylation sites (tertiary alicyclic amines) is 1. The lowest BCUT2D eigenvalue weighted by Crippen LogP contribution is -2.52. The third-order valence-corrected chi connectivity index (χ3v) is 5.31. The molecule has 164 valence electrons. The van der Waals surface area contributed by atoms with Crippen molar-refractivity contribution in [2.45, 2.75) is 31.2 Å². The van der Waals surface area contributed by atoms with E-state index in [1.54, 1.807) is 0 Å². The Hall–Kier alpha value is -3.28. The molecule has 1 fully saturated rings. The van der Waals surface area contributed by atoms with Gasteiger partial charge < -0.3 is 10.0 Å². The first kappa shape index (κ1) is 21.0. The van der Waals surface area contributed by atoms with Gasteiger partial charge in [0.15, 0.2) is 5.65 Å². The Balaban J connectivity index is 1.55. The molecule has 0 saturated carbocycles. The van der Waals surface area contributed by atoms with E-state index < -0.39 is 29.1 Å². The average molecular weight is 439 g/mol. The number of amides is 1. The first-order chi connectivity index (χ1) is 14.6. The second kappa shape index (κ2) is 7.45. The SMILES string of the molecule is O=C(N1CCC(O)(Cn2cnc3c(cnn3-c3ccc(F)cc3)c2=O)CC1)C(F)(F)F. The van der Waals surface area contributed by atoms with Gasteiger partial charge in [0.1, 0.15) is 17.5 Å². The van der Waals surface area contributed by atoms with E-state index in [0.717, 1.165) is 0 Å². The molecule has 3 aromatic rings. The number of carbonyl (C=O) groups excluding carboxylic acids is 1. The molecular weight excluding hydrogens is 422 g/mol. The second-order valence-electron chi connectivity index (χ2n) is 7.46. The topological polar surface area (TPSA) is 93.2 Å². The number of halogens is 4. The summed E-state index contributed by atoms with van der Waals surface area (Å²) in [6, 6.07) is 5.45. The van der Waals surface area contributed by atoms with Crippen LogP contribution >= 0.6 is 0 Å². The summed E-state index contributed by atoms with van der Waals surface area (Å²) < 4.78 is 53.4. The number of hydrogen-bond acceptors (Lipinski definition) is 5. The van der Waals surface area contributed by atoms with Gasteiger partial charge in [-0.3, -0.25) is 14.2 Å². The van der Waals surface area contributed by atoms with Crippen LogP contribution in [0.1, 0.15) is 12.8 Å². The lowest BCUT2D eigenvalue weighted by Gasteiger charge is -2.38. The van der Waals surface area contributed by atoms with Crippen molar-refractivity contribution in [2.75, 3.05) is 13.1 Å². The Morgan fingerprint density at radius 2 is 1.81 bits per heavy atom. The van der Waals surface area contributed by atoms with E-state index in [-0.39, 0.29) is 43.5 Å². The second-order valence-corrected chi connectivity index (χ2v) is 7.46. The van der Waals surface area contributed by atoms with Crippen LogP contribution in [0.3, 0.4) is 0 Å². The molecular formula is C19H17F4N5O3. The van der Waals surface area contributed by atoms with Crippen LogP contribution in [0.5, 0.6) is 0 Å². The van der Waals surface area contributed by atoms with Crippen LogP contribution in [-0.4, -0.2) is 60.1 Å². The van der Waals surface area contributed by atoms with E-state index in [2.05, 4.69) is 10.1 Å². The molecule has 0 unspecified atom stereocenters. The minimum absolute atomic E-state index is 0.117. The molecule has 1 saturated heterocycles. The summed E-state index contributed by atoms with van der Waals surface area (Å²) in [5.41, 5.74) is -1.21.